The van der Waals surface area contributed by atoms with Crippen molar-refractivity contribution in [3.63, 3.8) is 0 Å². The molecule has 0 amide bonds. The Labute approximate surface area is 340 Å². The van der Waals surface area contributed by atoms with Crippen LogP contribution < -0.4 is 4.90 Å². The summed E-state index contributed by atoms with van der Waals surface area (Å²) < 4.78 is 5.26. The molecule has 0 radical (unpaired) electrons. The van der Waals surface area contributed by atoms with Crippen molar-refractivity contribution >= 4 is 80.1 Å². The van der Waals surface area contributed by atoms with Crippen molar-refractivity contribution in [1.29, 1.82) is 0 Å². The number of fused-ring (bicyclic) bond motifs is 6. The largest absolute Gasteiger partial charge is 0.310 e. The van der Waals surface area contributed by atoms with Gasteiger partial charge in [0.05, 0.1) is 0 Å². The van der Waals surface area contributed by atoms with E-state index in [1.54, 1.807) is 0 Å². The highest BCUT2D eigenvalue weighted by Gasteiger charge is 2.17. The lowest BCUT2D eigenvalue weighted by Gasteiger charge is -2.26. The summed E-state index contributed by atoms with van der Waals surface area (Å²) >= 11 is 3.73. The first-order valence-corrected chi connectivity index (χ1v) is 20.9. The Morgan fingerprint density at radius 1 is 0.228 bits per heavy atom. The minimum Gasteiger partial charge on any atom is -0.310 e. The summed E-state index contributed by atoms with van der Waals surface area (Å²) in [6.45, 7) is 0. The molecule has 3 heteroatoms. The second-order valence-corrected chi connectivity index (χ2v) is 16.7. The van der Waals surface area contributed by atoms with Crippen LogP contribution in [0.2, 0.25) is 0 Å². The molecule has 57 heavy (non-hydrogen) atoms. The molecule has 11 rings (SSSR count). The van der Waals surface area contributed by atoms with Crippen molar-refractivity contribution in [3.8, 4) is 44.5 Å². The normalized spacial score (nSPS) is 11.5. The Morgan fingerprint density at radius 2 is 0.596 bits per heavy atom. The van der Waals surface area contributed by atoms with E-state index in [-0.39, 0.29) is 0 Å². The molecule has 11 aromatic rings. The zero-order valence-corrected chi connectivity index (χ0v) is 32.6. The van der Waals surface area contributed by atoms with Gasteiger partial charge in [0.15, 0.2) is 0 Å². The fourth-order valence-electron chi connectivity index (χ4n) is 8.18. The number of hydrogen-bond acceptors (Lipinski definition) is 3. The van der Waals surface area contributed by atoms with Crippen LogP contribution in [0, 0.1) is 0 Å². The van der Waals surface area contributed by atoms with E-state index in [2.05, 4.69) is 217 Å². The molecular formula is C54H35NS2. The predicted molar refractivity (Wildman–Crippen MR) is 249 cm³/mol. The molecule has 2 aromatic heterocycles. The summed E-state index contributed by atoms with van der Waals surface area (Å²) in [5.74, 6) is 0. The second-order valence-electron chi connectivity index (χ2n) is 14.5. The first kappa shape index (κ1) is 33.5. The summed E-state index contributed by atoms with van der Waals surface area (Å²) in [6, 6.07) is 77.6. The molecule has 0 aliphatic carbocycles. The highest BCUT2D eigenvalue weighted by atomic mass is 32.1. The van der Waals surface area contributed by atoms with E-state index in [1.165, 1.54) is 84.9 Å². The Morgan fingerprint density at radius 3 is 1.19 bits per heavy atom. The SMILES string of the molecule is c1ccc(-c2ccc(N(c3ccc(-c4cccc(-c5ccccc5)c4)cc3)c3ccc4sc5ccc(-c6ccc7sc8ccccc8c7c6)cc5c4c3)cc2)cc1. The summed E-state index contributed by atoms with van der Waals surface area (Å²) in [5, 5.41) is 5.22. The quantitative estimate of drug-likeness (QED) is 0.156. The fourth-order valence-corrected chi connectivity index (χ4v) is 10.3. The van der Waals surface area contributed by atoms with Crippen LogP contribution in [0.15, 0.2) is 212 Å². The van der Waals surface area contributed by atoms with Crippen LogP contribution in [0.4, 0.5) is 17.1 Å². The molecule has 0 unspecified atom stereocenters. The first-order valence-electron chi connectivity index (χ1n) is 19.3. The van der Waals surface area contributed by atoms with E-state index in [4.69, 9.17) is 0 Å². The van der Waals surface area contributed by atoms with E-state index in [9.17, 15) is 0 Å². The third kappa shape index (κ3) is 6.18. The molecule has 0 aliphatic rings. The molecule has 0 atom stereocenters. The molecule has 0 spiro atoms. The van der Waals surface area contributed by atoms with Gasteiger partial charge in [-0.2, -0.15) is 0 Å². The van der Waals surface area contributed by atoms with Crippen molar-refractivity contribution in [2.24, 2.45) is 0 Å². The van der Waals surface area contributed by atoms with Crippen molar-refractivity contribution < 1.29 is 0 Å². The van der Waals surface area contributed by atoms with Gasteiger partial charge in [-0.05, 0) is 123 Å². The third-order valence-corrected chi connectivity index (χ3v) is 13.4. The van der Waals surface area contributed by atoms with Crippen molar-refractivity contribution in [3.05, 3.63) is 212 Å². The average Bonchev–Trinajstić information content (AvgIpc) is 3.85. The number of nitrogens with zero attached hydrogens (tertiary/aromatic N) is 1. The highest BCUT2D eigenvalue weighted by Crippen LogP contribution is 2.43. The lowest BCUT2D eigenvalue weighted by atomic mass is 9.98. The fraction of sp³-hybridized carbons (Fsp3) is 0. The standard InChI is InChI=1S/C54H35NS2/c1-3-10-36(11-4-1)38-18-24-44(25-19-38)55(45-26-20-39(21-27-45)41-15-9-14-40(32-41)37-12-5-2-6-13-37)46-28-31-54-50(35-46)49-34-43(23-30-53(49)57-54)42-22-29-52-48(33-42)47-16-7-8-17-51(47)56-52/h1-35H. The predicted octanol–water partition coefficient (Wildman–Crippen LogP) is 16.6. The van der Waals surface area contributed by atoms with Gasteiger partial charge in [-0.15, -0.1) is 22.7 Å². The van der Waals surface area contributed by atoms with Crippen LogP contribution in [-0.4, -0.2) is 0 Å². The molecule has 268 valence electrons. The summed E-state index contributed by atoms with van der Waals surface area (Å²) in [7, 11) is 0. The number of hydrogen-bond donors (Lipinski definition) is 0. The molecular weight excluding hydrogens is 727 g/mol. The number of benzene rings is 9. The van der Waals surface area contributed by atoms with Crippen LogP contribution in [0.3, 0.4) is 0 Å². The smallest absolute Gasteiger partial charge is 0.0468 e. The van der Waals surface area contributed by atoms with Gasteiger partial charge < -0.3 is 4.90 Å². The van der Waals surface area contributed by atoms with Crippen molar-refractivity contribution in [1.82, 2.24) is 0 Å². The van der Waals surface area contributed by atoms with Gasteiger partial charge in [0.1, 0.15) is 0 Å². The maximum atomic E-state index is 2.39. The number of rotatable bonds is 7. The van der Waals surface area contributed by atoms with E-state index in [0.717, 1.165) is 17.1 Å². The third-order valence-electron chi connectivity index (χ3n) is 11.1. The highest BCUT2D eigenvalue weighted by molar-refractivity contribution is 7.26. The zero-order valence-electron chi connectivity index (χ0n) is 31.0. The van der Waals surface area contributed by atoms with E-state index in [0.29, 0.717) is 0 Å². The van der Waals surface area contributed by atoms with E-state index >= 15 is 0 Å². The lowest BCUT2D eigenvalue weighted by molar-refractivity contribution is 1.29. The summed E-state index contributed by atoms with van der Waals surface area (Å²) in [6.07, 6.45) is 0. The van der Waals surface area contributed by atoms with Gasteiger partial charge in [-0.3, -0.25) is 0 Å². The van der Waals surface area contributed by atoms with Gasteiger partial charge in [-0.1, -0.05) is 133 Å². The van der Waals surface area contributed by atoms with Gasteiger partial charge in [0.25, 0.3) is 0 Å². The number of anilines is 3. The Bertz CT molecular complexity index is 3210. The Hall–Kier alpha value is -6.78. The topological polar surface area (TPSA) is 3.24 Å². The number of thiophene rings is 2. The molecule has 0 bridgehead atoms. The molecule has 9 aromatic carbocycles. The van der Waals surface area contributed by atoms with Gasteiger partial charge in [0.2, 0.25) is 0 Å². The summed E-state index contributed by atoms with van der Waals surface area (Å²) in [4.78, 5) is 2.39. The van der Waals surface area contributed by atoms with E-state index in [1.807, 2.05) is 22.7 Å². The van der Waals surface area contributed by atoms with Crippen LogP contribution in [0.1, 0.15) is 0 Å². The minimum atomic E-state index is 1.11. The Kier molecular flexibility index (Phi) is 8.28. The monoisotopic (exact) mass is 761 g/mol. The first-order chi connectivity index (χ1) is 28.2. The zero-order chi connectivity index (χ0) is 37.7. The molecule has 2 heterocycles. The maximum Gasteiger partial charge on any atom is 0.0468 e. The molecule has 0 fully saturated rings. The van der Waals surface area contributed by atoms with Crippen LogP contribution in [0.25, 0.3) is 84.9 Å². The molecule has 0 aliphatic heterocycles. The van der Waals surface area contributed by atoms with Gasteiger partial charge >= 0.3 is 0 Å². The maximum absolute atomic E-state index is 2.39. The molecule has 0 saturated heterocycles. The Balaban J connectivity index is 1.01. The van der Waals surface area contributed by atoms with Crippen molar-refractivity contribution in [2.75, 3.05) is 4.90 Å². The van der Waals surface area contributed by atoms with Crippen LogP contribution in [-0.2, 0) is 0 Å². The second kappa shape index (κ2) is 14.1. The van der Waals surface area contributed by atoms with Crippen LogP contribution >= 0.6 is 22.7 Å². The van der Waals surface area contributed by atoms with Crippen LogP contribution in [0.5, 0.6) is 0 Å². The average molecular weight is 762 g/mol. The summed E-state index contributed by atoms with van der Waals surface area (Å²) in [5.41, 5.74) is 13.1. The molecule has 0 N–H and O–H groups in total. The minimum absolute atomic E-state index is 1.11. The van der Waals surface area contributed by atoms with Gasteiger partial charge in [0, 0.05) is 57.4 Å². The van der Waals surface area contributed by atoms with E-state index < -0.39 is 0 Å². The molecule has 1 nitrogen and oxygen atoms in total. The van der Waals surface area contributed by atoms with Gasteiger partial charge in [-0.25, -0.2) is 0 Å². The van der Waals surface area contributed by atoms with Crippen molar-refractivity contribution in [2.45, 2.75) is 0 Å². The molecule has 0 saturated carbocycles. The lowest BCUT2D eigenvalue weighted by Crippen LogP contribution is -2.09.